The predicted octanol–water partition coefficient (Wildman–Crippen LogP) is 10.5. The van der Waals surface area contributed by atoms with Crippen LogP contribution in [0.25, 0.3) is 27.6 Å². The van der Waals surface area contributed by atoms with Gasteiger partial charge in [0.05, 0.1) is 0 Å². The molecule has 5 aromatic carbocycles. The van der Waals surface area contributed by atoms with Crippen molar-refractivity contribution in [2.75, 3.05) is 10.1 Å². The number of benzene rings is 5. The van der Waals surface area contributed by atoms with Crippen LogP contribution < -0.4 is 10.1 Å². The van der Waals surface area contributed by atoms with E-state index in [4.69, 9.17) is 9.92 Å². The van der Waals surface area contributed by atoms with Crippen LogP contribution in [0.3, 0.4) is 0 Å². The van der Waals surface area contributed by atoms with Gasteiger partial charge in [0.1, 0.15) is 22.9 Å². The van der Waals surface area contributed by atoms with Crippen molar-refractivity contribution in [1.29, 1.82) is 0 Å². The van der Waals surface area contributed by atoms with Gasteiger partial charge in [-0.15, -0.1) is 22.6 Å². The summed E-state index contributed by atoms with van der Waals surface area (Å²) in [5.41, 5.74) is 9.10. The van der Waals surface area contributed by atoms with Crippen LogP contribution in [-0.4, -0.2) is 14.5 Å². The molecule has 242 valence electrons. The number of anilines is 4. The minimum atomic E-state index is -0.398. The SMILES string of the molecule is CC(C)(C)c1ccnc(-n2c3[c-]c(C(C)(C)c4[c-]c(N5[OH+]N(c6ccccc6)c6ccccc65)ccc4)ccc3c3ccccc32)c1.[Pt]. The van der Waals surface area contributed by atoms with E-state index in [1.54, 1.807) is 0 Å². The molecule has 6 heteroatoms. The van der Waals surface area contributed by atoms with Gasteiger partial charge in [0, 0.05) is 38.5 Å². The van der Waals surface area contributed by atoms with Gasteiger partial charge in [-0.25, -0.2) is 4.98 Å². The maximum Gasteiger partial charge on any atom is 0.148 e. The molecular weight excluding hydrogens is 772 g/mol. The molecule has 0 spiro atoms. The van der Waals surface area contributed by atoms with Crippen LogP contribution in [0.4, 0.5) is 22.7 Å². The van der Waals surface area contributed by atoms with Crippen molar-refractivity contribution in [3.63, 3.8) is 0 Å². The van der Waals surface area contributed by atoms with Gasteiger partial charge in [0.2, 0.25) is 0 Å². The van der Waals surface area contributed by atoms with Gasteiger partial charge in [0.15, 0.2) is 0 Å². The van der Waals surface area contributed by atoms with Gasteiger partial charge in [0.25, 0.3) is 0 Å². The molecule has 48 heavy (non-hydrogen) atoms. The first-order chi connectivity index (χ1) is 22.7. The predicted molar refractivity (Wildman–Crippen MR) is 192 cm³/mol. The molecule has 0 saturated heterocycles. The topological polar surface area (TPSA) is 37.1 Å². The third kappa shape index (κ3) is 5.32. The van der Waals surface area contributed by atoms with Gasteiger partial charge in [-0.1, -0.05) is 93.7 Å². The zero-order valence-electron chi connectivity index (χ0n) is 27.7. The van der Waals surface area contributed by atoms with Gasteiger partial charge >= 0.3 is 0 Å². The maximum atomic E-state index is 5.04. The molecule has 2 aromatic heterocycles. The van der Waals surface area contributed by atoms with E-state index >= 15 is 0 Å². The summed E-state index contributed by atoms with van der Waals surface area (Å²) in [5.74, 6) is 0.903. The van der Waals surface area contributed by atoms with Crippen molar-refractivity contribution in [3.8, 4) is 5.82 Å². The third-order valence-corrected chi connectivity index (χ3v) is 9.30. The van der Waals surface area contributed by atoms with Crippen LogP contribution >= 0.6 is 0 Å². The Morgan fingerprint density at radius 3 is 2.08 bits per heavy atom. The van der Waals surface area contributed by atoms with E-state index in [0.717, 1.165) is 56.1 Å². The van der Waals surface area contributed by atoms with Crippen LogP contribution in [0.1, 0.15) is 51.3 Å². The van der Waals surface area contributed by atoms with Gasteiger partial charge in [-0.2, -0.15) is 46.4 Å². The summed E-state index contributed by atoms with van der Waals surface area (Å²) < 4.78 is 2.26. The minimum absolute atomic E-state index is 0. The number of para-hydroxylation sites is 4. The summed E-state index contributed by atoms with van der Waals surface area (Å²) in [6.07, 6.45) is 1.92. The Bertz CT molecular complexity index is 2270. The van der Waals surface area contributed by atoms with Gasteiger partial charge < -0.3 is 4.57 Å². The molecule has 0 atom stereocenters. The Hall–Kier alpha value is -4.70. The summed E-state index contributed by atoms with van der Waals surface area (Å²) in [5, 5.41) is 6.33. The molecule has 0 bridgehead atoms. The van der Waals surface area contributed by atoms with Crippen LogP contribution in [0.15, 0.2) is 128 Å². The molecule has 7 aromatic rings. The molecule has 0 saturated carbocycles. The second-order valence-electron chi connectivity index (χ2n) is 13.8. The van der Waals surface area contributed by atoms with Crippen LogP contribution in [-0.2, 0) is 31.9 Å². The van der Waals surface area contributed by atoms with Crippen LogP contribution in [0, 0.1) is 12.1 Å². The fourth-order valence-electron chi connectivity index (χ4n) is 6.54. The van der Waals surface area contributed by atoms with Crippen LogP contribution in [0.2, 0.25) is 0 Å². The van der Waals surface area contributed by atoms with Crippen molar-refractivity contribution in [2.24, 2.45) is 0 Å². The van der Waals surface area contributed by atoms with Gasteiger partial charge in [-0.05, 0) is 64.2 Å². The molecule has 8 rings (SSSR count). The molecule has 5 nitrogen and oxygen atoms in total. The van der Waals surface area contributed by atoms with Crippen molar-refractivity contribution in [2.45, 2.75) is 45.4 Å². The summed E-state index contributed by atoms with van der Waals surface area (Å²) in [4.78, 5) is 9.91. The zero-order valence-corrected chi connectivity index (χ0v) is 29.9. The number of pyridine rings is 1. The van der Waals surface area contributed by atoms with E-state index in [-0.39, 0.29) is 26.5 Å². The molecule has 1 aliphatic heterocycles. The molecule has 1 aliphatic rings. The van der Waals surface area contributed by atoms with Crippen molar-refractivity contribution < 1.29 is 26.0 Å². The molecule has 0 aliphatic carbocycles. The fraction of sp³-hybridized carbons (Fsp3) is 0.167. The average molecular weight is 809 g/mol. The van der Waals surface area contributed by atoms with E-state index in [1.165, 1.54) is 10.9 Å². The molecule has 0 fully saturated rings. The summed E-state index contributed by atoms with van der Waals surface area (Å²) in [6, 6.07) is 49.9. The number of rotatable bonds is 5. The Kier molecular flexibility index (Phi) is 8.02. The van der Waals surface area contributed by atoms with E-state index in [1.807, 2.05) is 34.5 Å². The maximum absolute atomic E-state index is 5.04. The number of hydrogen-bond donors (Lipinski definition) is 0. The quantitative estimate of drug-likeness (QED) is 0.128. The normalized spacial score (nSPS) is 13.2. The molecule has 1 N–H and O–H groups in total. The van der Waals surface area contributed by atoms with E-state index < -0.39 is 5.41 Å². The van der Waals surface area contributed by atoms with Crippen molar-refractivity contribution in [1.82, 2.24) is 9.55 Å². The number of hydrogen-bond acceptors (Lipinski definition) is 3. The largest absolute Gasteiger partial charge is 0.319 e. The Balaban J connectivity index is 0.00000364. The van der Waals surface area contributed by atoms with Gasteiger partial charge in [-0.3, -0.25) is 0 Å². The Morgan fingerprint density at radius 1 is 0.625 bits per heavy atom. The van der Waals surface area contributed by atoms with E-state index in [0.29, 0.717) is 0 Å². The minimum Gasteiger partial charge on any atom is -0.319 e. The third-order valence-electron chi connectivity index (χ3n) is 9.30. The molecular formula is C42H37N4OPt-. The van der Waals surface area contributed by atoms with Crippen molar-refractivity contribution in [3.05, 3.63) is 156 Å². The number of nitrogens with zero attached hydrogens (tertiary/aromatic N) is 4. The second kappa shape index (κ2) is 12.1. The van der Waals surface area contributed by atoms with Crippen LogP contribution in [0.5, 0.6) is 0 Å². The average Bonchev–Trinajstić information content (AvgIpc) is 3.65. The second-order valence-corrected chi connectivity index (χ2v) is 13.8. The first-order valence-corrected chi connectivity index (χ1v) is 16.1. The number of fused-ring (bicyclic) bond motifs is 4. The monoisotopic (exact) mass is 808 g/mol. The molecule has 0 unspecified atom stereocenters. The van der Waals surface area contributed by atoms with E-state index in [2.05, 4.69) is 154 Å². The molecule has 3 heterocycles. The zero-order chi connectivity index (χ0) is 32.3. The fourth-order valence-corrected chi connectivity index (χ4v) is 6.54. The Labute approximate surface area is 296 Å². The first-order valence-electron chi connectivity index (χ1n) is 16.1. The Morgan fingerprint density at radius 2 is 1.31 bits per heavy atom. The van der Waals surface area contributed by atoms with E-state index in [9.17, 15) is 0 Å². The molecule has 0 amide bonds. The standard InChI is InChI=1S/C42H36N4O.Pt/c1-41(2,3)29-24-25-43-40(28-29)44-36-19-10-9-18-34(36)35-23-22-31(27-39(35)44)42(4,5)30-14-13-17-33(26-30)46-38-21-12-11-20-37(38)45(47-46)32-15-7-6-8-16-32;/h6-25,28H,1-5H3;/q-2;/p+1. The molecule has 0 radical (unpaired) electrons. The van der Waals surface area contributed by atoms with Crippen molar-refractivity contribution >= 4 is 44.6 Å². The summed E-state index contributed by atoms with van der Waals surface area (Å²) in [6.45, 7) is 11.2. The smallest absolute Gasteiger partial charge is 0.148 e. The summed E-state index contributed by atoms with van der Waals surface area (Å²) >= 11 is 0. The summed E-state index contributed by atoms with van der Waals surface area (Å²) in [7, 11) is 0. The first kappa shape index (κ1) is 31.9. The number of aromatic nitrogens is 2.